The highest BCUT2D eigenvalue weighted by molar-refractivity contribution is 7.21. The first-order valence-corrected chi connectivity index (χ1v) is 7.07. The van der Waals surface area contributed by atoms with E-state index in [1.54, 1.807) is 11.3 Å². The van der Waals surface area contributed by atoms with Crippen molar-refractivity contribution in [3.63, 3.8) is 0 Å². The van der Waals surface area contributed by atoms with Gasteiger partial charge < -0.3 is 0 Å². The summed E-state index contributed by atoms with van der Waals surface area (Å²) in [6.07, 6.45) is 0. The molecule has 18 heavy (non-hydrogen) atoms. The SMILES string of the molecule is c1ccc2sc(-c3ccc4snnc4c3)nc2c1. The van der Waals surface area contributed by atoms with Gasteiger partial charge in [0.25, 0.3) is 0 Å². The Morgan fingerprint density at radius 2 is 1.83 bits per heavy atom. The average molecular weight is 269 g/mol. The second kappa shape index (κ2) is 3.83. The summed E-state index contributed by atoms with van der Waals surface area (Å²) in [5, 5.41) is 5.14. The Hall–Kier alpha value is -1.85. The summed E-state index contributed by atoms with van der Waals surface area (Å²) in [5.74, 6) is 0. The highest BCUT2D eigenvalue weighted by Crippen LogP contribution is 2.31. The summed E-state index contributed by atoms with van der Waals surface area (Å²) in [6.45, 7) is 0. The number of hydrogen-bond acceptors (Lipinski definition) is 5. The molecule has 4 rings (SSSR count). The largest absolute Gasteiger partial charge is 0.236 e. The first-order valence-electron chi connectivity index (χ1n) is 5.48. The molecule has 0 radical (unpaired) electrons. The van der Waals surface area contributed by atoms with Crippen molar-refractivity contribution in [1.82, 2.24) is 14.6 Å². The maximum atomic E-state index is 4.65. The molecule has 5 heteroatoms. The zero-order valence-electron chi connectivity index (χ0n) is 9.20. The van der Waals surface area contributed by atoms with Gasteiger partial charge in [-0.1, -0.05) is 22.7 Å². The fourth-order valence-electron chi connectivity index (χ4n) is 1.91. The third-order valence-electron chi connectivity index (χ3n) is 2.79. The Bertz CT molecular complexity index is 814. The quantitative estimate of drug-likeness (QED) is 0.525. The van der Waals surface area contributed by atoms with Gasteiger partial charge in [-0.05, 0) is 35.8 Å². The Balaban J connectivity index is 1.94. The molecular formula is C13H7N3S2. The normalized spacial score (nSPS) is 11.3. The topological polar surface area (TPSA) is 38.7 Å². The number of hydrogen-bond donors (Lipinski definition) is 0. The molecule has 0 atom stereocenters. The molecule has 0 saturated carbocycles. The molecule has 0 spiro atoms. The molecule has 2 heterocycles. The lowest BCUT2D eigenvalue weighted by Crippen LogP contribution is -1.76. The number of thiazole rings is 1. The maximum Gasteiger partial charge on any atom is 0.124 e. The van der Waals surface area contributed by atoms with E-state index in [0.717, 1.165) is 26.3 Å². The highest BCUT2D eigenvalue weighted by Gasteiger charge is 2.07. The van der Waals surface area contributed by atoms with Gasteiger partial charge in [-0.25, -0.2) is 4.98 Å². The molecule has 3 nitrogen and oxygen atoms in total. The van der Waals surface area contributed by atoms with Crippen LogP contribution in [0.2, 0.25) is 0 Å². The second-order valence-corrected chi connectivity index (χ2v) is 5.76. The molecule has 0 saturated heterocycles. The summed E-state index contributed by atoms with van der Waals surface area (Å²) >= 11 is 3.12. The Labute approximate surface area is 111 Å². The van der Waals surface area contributed by atoms with E-state index in [9.17, 15) is 0 Å². The van der Waals surface area contributed by atoms with Crippen molar-refractivity contribution in [1.29, 1.82) is 0 Å². The standard InChI is InChI=1S/C13H7N3S2/c1-2-4-11-9(3-1)14-13(17-11)8-5-6-12-10(7-8)15-16-18-12/h1-7H. The van der Waals surface area contributed by atoms with Crippen molar-refractivity contribution in [2.75, 3.05) is 0 Å². The molecule has 4 aromatic rings. The van der Waals surface area contributed by atoms with Crippen LogP contribution in [0.3, 0.4) is 0 Å². The third-order valence-corrected chi connectivity index (χ3v) is 4.58. The van der Waals surface area contributed by atoms with Crippen LogP contribution < -0.4 is 0 Å². The minimum absolute atomic E-state index is 0.941. The van der Waals surface area contributed by atoms with Crippen LogP contribution in [-0.4, -0.2) is 14.6 Å². The molecule has 2 aromatic carbocycles. The number of nitrogens with zero attached hydrogens (tertiary/aromatic N) is 3. The van der Waals surface area contributed by atoms with Crippen molar-refractivity contribution >= 4 is 43.3 Å². The first kappa shape index (κ1) is 10.1. The van der Waals surface area contributed by atoms with Gasteiger partial charge in [0.2, 0.25) is 0 Å². The van der Waals surface area contributed by atoms with Crippen LogP contribution >= 0.6 is 22.9 Å². The van der Waals surface area contributed by atoms with Gasteiger partial charge >= 0.3 is 0 Å². The molecule has 0 N–H and O–H groups in total. The predicted octanol–water partition coefficient (Wildman–Crippen LogP) is 3.97. The third kappa shape index (κ3) is 1.52. The highest BCUT2D eigenvalue weighted by atomic mass is 32.1. The molecule has 0 unspecified atom stereocenters. The predicted molar refractivity (Wildman–Crippen MR) is 76.0 cm³/mol. The van der Waals surface area contributed by atoms with Crippen LogP contribution in [0.15, 0.2) is 42.5 Å². The molecule has 86 valence electrons. The summed E-state index contributed by atoms with van der Waals surface area (Å²) in [5.41, 5.74) is 3.10. The summed E-state index contributed by atoms with van der Waals surface area (Å²) in [4.78, 5) is 4.65. The van der Waals surface area contributed by atoms with Crippen LogP contribution in [0, 0.1) is 0 Å². The molecule has 0 amide bonds. The number of fused-ring (bicyclic) bond motifs is 2. The van der Waals surface area contributed by atoms with Gasteiger partial charge in [-0.2, -0.15) is 0 Å². The number of aromatic nitrogens is 3. The van der Waals surface area contributed by atoms with E-state index in [1.807, 2.05) is 18.2 Å². The lowest BCUT2D eigenvalue weighted by atomic mass is 10.2. The molecule has 0 aliphatic carbocycles. The lowest BCUT2D eigenvalue weighted by Gasteiger charge is -1.94. The summed E-state index contributed by atoms with van der Waals surface area (Å²) < 4.78 is 6.28. The van der Waals surface area contributed by atoms with Gasteiger partial charge in [0, 0.05) is 5.56 Å². The van der Waals surface area contributed by atoms with Gasteiger partial charge in [0.05, 0.1) is 14.9 Å². The minimum Gasteiger partial charge on any atom is -0.236 e. The Kier molecular flexibility index (Phi) is 2.15. The molecule has 0 fully saturated rings. The van der Waals surface area contributed by atoms with E-state index in [4.69, 9.17) is 0 Å². The zero-order valence-corrected chi connectivity index (χ0v) is 10.8. The zero-order chi connectivity index (χ0) is 11.9. The van der Waals surface area contributed by atoms with Gasteiger partial charge in [-0.3, -0.25) is 0 Å². The maximum absolute atomic E-state index is 4.65. The molecular weight excluding hydrogens is 262 g/mol. The number of para-hydroxylation sites is 1. The minimum atomic E-state index is 0.941. The molecule has 2 aromatic heterocycles. The summed E-state index contributed by atoms with van der Waals surface area (Å²) in [6, 6.07) is 14.4. The Morgan fingerprint density at radius 3 is 2.78 bits per heavy atom. The van der Waals surface area contributed by atoms with E-state index in [2.05, 4.69) is 38.8 Å². The first-order chi connectivity index (χ1) is 8.90. The second-order valence-electron chi connectivity index (χ2n) is 3.94. The van der Waals surface area contributed by atoms with Crippen molar-refractivity contribution in [3.05, 3.63) is 42.5 Å². The van der Waals surface area contributed by atoms with Crippen molar-refractivity contribution < 1.29 is 0 Å². The fraction of sp³-hybridized carbons (Fsp3) is 0. The van der Waals surface area contributed by atoms with E-state index in [-0.39, 0.29) is 0 Å². The fourth-order valence-corrected chi connectivity index (χ4v) is 3.41. The molecule has 0 bridgehead atoms. The van der Waals surface area contributed by atoms with Crippen LogP contribution in [0.5, 0.6) is 0 Å². The Morgan fingerprint density at radius 1 is 0.889 bits per heavy atom. The summed E-state index contributed by atoms with van der Waals surface area (Å²) in [7, 11) is 0. The van der Waals surface area contributed by atoms with Crippen molar-refractivity contribution in [2.45, 2.75) is 0 Å². The van der Waals surface area contributed by atoms with Crippen molar-refractivity contribution in [2.24, 2.45) is 0 Å². The van der Waals surface area contributed by atoms with Gasteiger partial charge in [0.15, 0.2) is 0 Å². The average Bonchev–Trinajstić information content (AvgIpc) is 3.04. The lowest BCUT2D eigenvalue weighted by molar-refractivity contribution is 1.20. The molecule has 0 aliphatic rings. The van der Waals surface area contributed by atoms with E-state index in [1.165, 1.54) is 16.2 Å². The number of benzene rings is 2. The van der Waals surface area contributed by atoms with E-state index < -0.39 is 0 Å². The monoisotopic (exact) mass is 269 g/mol. The van der Waals surface area contributed by atoms with Crippen LogP contribution in [-0.2, 0) is 0 Å². The van der Waals surface area contributed by atoms with Crippen molar-refractivity contribution in [3.8, 4) is 10.6 Å². The molecule has 0 aliphatic heterocycles. The van der Waals surface area contributed by atoms with Crippen LogP contribution in [0.25, 0.3) is 31.0 Å². The van der Waals surface area contributed by atoms with Gasteiger partial charge in [0.1, 0.15) is 10.5 Å². The smallest absolute Gasteiger partial charge is 0.124 e. The van der Waals surface area contributed by atoms with Crippen LogP contribution in [0.1, 0.15) is 0 Å². The van der Waals surface area contributed by atoms with Crippen LogP contribution in [0.4, 0.5) is 0 Å². The number of rotatable bonds is 1. The van der Waals surface area contributed by atoms with Gasteiger partial charge in [-0.15, -0.1) is 16.4 Å². The van der Waals surface area contributed by atoms with E-state index >= 15 is 0 Å². The van der Waals surface area contributed by atoms with E-state index in [0.29, 0.717) is 0 Å².